The summed E-state index contributed by atoms with van der Waals surface area (Å²) in [7, 11) is 0. The van der Waals surface area contributed by atoms with Crippen molar-refractivity contribution in [3.05, 3.63) is 62.1 Å². The van der Waals surface area contributed by atoms with Gasteiger partial charge in [0, 0.05) is 17.2 Å². The molecule has 108 valence electrons. The van der Waals surface area contributed by atoms with E-state index < -0.39 is 10.9 Å². The van der Waals surface area contributed by atoms with Crippen LogP contribution in [0.25, 0.3) is 0 Å². The summed E-state index contributed by atoms with van der Waals surface area (Å²) in [5, 5.41) is 23.4. The zero-order valence-corrected chi connectivity index (χ0v) is 11.9. The number of hydrogen-bond acceptors (Lipinski definition) is 4. The molecule has 0 heterocycles. The lowest BCUT2D eigenvalue weighted by Crippen LogP contribution is -2.04. The molecule has 21 heavy (non-hydrogen) atoms. The van der Waals surface area contributed by atoms with Gasteiger partial charge in [-0.25, -0.2) is 4.79 Å². The van der Waals surface area contributed by atoms with E-state index in [4.69, 9.17) is 28.3 Å². The van der Waals surface area contributed by atoms with Crippen LogP contribution in [0.1, 0.15) is 10.4 Å². The predicted octanol–water partition coefficient (Wildman–Crippen LogP) is 4.34. The Labute approximate surface area is 129 Å². The molecule has 0 saturated carbocycles. The summed E-state index contributed by atoms with van der Waals surface area (Å²) in [4.78, 5) is 21.3. The van der Waals surface area contributed by atoms with Gasteiger partial charge in [-0.1, -0.05) is 23.2 Å². The lowest BCUT2D eigenvalue weighted by Gasteiger charge is -2.11. The van der Waals surface area contributed by atoms with Crippen LogP contribution in [-0.2, 0) is 0 Å². The molecule has 0 fully saturated rings. The number of nitrogens with one attached hydrogen (secondary N) is 1. The molecule has 0 aliphatic rings. The third-order valence-corrected chi connectivity index (χ3v) is 3.21. The van der Waals surface area contributed by atoms with Crippen LogP contribution in [0.2, 0.25) is 10.0 Å². The number of rotatable bonds is 4. The molecule has 2 aromatic rings. The number of halogens is 2. The second-order valence-corrected chi connectivity index (χ2v) is 4.88. The molecule has 0 bridgehead atoms. The molecular formula is C13H8Cl2N2O4. The first-order valence-electron chi connectivity index (χ1n) is 5.62. The fourth-order valence-corrected chi connectivity index (χ4v) is 2.01. The Morgan fingerprint density at radius 2 is 1.86 bits per heavy atom. The van der Waals surface area contributed by atoms with Crippen LogP contribution in [0.5, 0.6) is 0 Å². The molecule has 0 unspecified atom stereocenters. The van der Waals surface area contributed by atoms with Crippen molar-refractivity contribution >= 4 is 46.2 Å². The molecular weight excluding hydrogens is 319 g/mol. The maximum absolute atomic E-state index is 11.2. The average molecular weight is 327 g/mol. The van der Waals surface area contributed by atoms with Crippen LogP contribution < -0.4 is 5.32 Å². The van der Waals surface area contributed by atoms with Gasteiger partial charge in [0.1, 0.15) is 0 Å². The molecule has 2 rings (SSSR count). The van der Waals surface area contributed by atoms with E-state index in [0.29, 0.717) is 15.7 Å². The van der Waals surface area contributed by atoms with Gasteiger partial charge in [0.2, 0.25) is 0 Å². The number of carboxylic acids is 1. The zero-order chi connectivity index (χ0) is 15.6. The van der Waals surface area contributed by atoms with Crippen molar-refractivity contribution in [3.63, 3.8) is 0 Å². The van der Waals surface area contributed by atoms with Gasteiger partial charge in [-0.2, -0.15) is 0 Å². The molecule has 0 aliphatic heterocycles. The number of nitro benzene ring substituents is 1. The van der Waals surface area contributed by atoms with Gasteiger partial charge in [-0.3, -0.25) is 10.1 Å². The number of anilines is 2. The summed E-state index contributed by atoms with van der Waals surface area (Å²) in [6, 6.07) is 8.15. The van der Waals surface area contributed by atoms with Gasteiger partial charge < -0.3 is 10.4 Å². The fraction of sp³-hybridized carbons (Fsp3) is 0. The highest BCUT2D eigenvalue weighted by Gasteiger charge is 2.16. The van der Waals surface area contributed by atoms with E-state index in [-0.39, 0.29) is 16.9 Å². The van der Waals surface area contributed by atoms with Crippen molar-refractivity contribution < 1.29 is 14.8 Å². The Bertz CT molecular complexity index is 734. The van der Waals surface area contributed by atoms with Gasteiger partial charge >= 0.3 is 5.97 Å². The van der Waals surface area contributed by atoms with Gasteiger partial charge in [-0.05, 0) is 24.3 Å². The Hall–Kier alpha value is -2.31. The minimum absolute atomic E-state index is 0.178. The minimum atomic E-state index is -1.29. The fourth-order valence-electron chi connectivity index (χ4n) is 1.67. The van der Waals surface area contributed by atoms with E-state index in [0.717, 1.165) is 6.07 Å². The number of non-ortho nitro benzene ring substituents is 1. The van der Waals surface area contributed by atoms with Gasteiger partial charge in [0.25, 0.3) is 5.69 Å². The maximum Gasteiger partial charge on any atom is 0.338 e. The molecule has 8 heteroatoms. The molecule has 2 aromatic carbocycles. The Balaban J connectivity index is 2.46. The monoisotopic (exact) mass is 326 g/mol. The molecule has 0 aliphatic carbocycles. The van der Waals surface area contributed by atoms with E-state index in [1.807, 2.05) is 0 Å². The van der Waals surface area contributed by atoms with E-state index >= 15 is 0 Å². The van der Waals surface area contributed by atoms with Gasteiger partial charge in [0.15, 0.2) is 0 Å². The molecule has 0 saturated heterocycles. The van der Waals surface area contributed by atoms with Crippen LogP contribution in [0.3, 0.4) is 0 Å². The Morgan fingerprint density at radius 3 is 2.48 bits per heavy atom. The lowest BCUT2D eigenvalue weighted by atomic mass is 10.1. The number of nitro groups is 1. The van der Waals surface area contributed by atoms with Gasteiger partial charge in [0.05, 0.1) is 26.9 Å². The average Bonchev–Trinajstić information content (AvgIpc) is 2.42. The molecule has 6 nitrogen and oxygen atoms in total. The van der Waals surface area contributed by atoms with Crippen molar-refractivity contribution in [1.82, 2.24) is 0 Å². The first kappa shape index (κ1) is 15.1. The summed E-state index contributed by atoms with van der Waals surface area (Å²) < 4.78 is 0. The second-order valence-electron chi connectivity index (χ2n) is 4.04. The molecule has 0 atom stereocenters. The summed E-state index contributed by atoms with van der Waals surface area (Å²) in [5.74, 6) is -1.29. The lowest BCUT2D eigenvalue weighted by molar-refractivity contribution is -0.384. The van der Waals surface area contributed by atoms with Crippen LogP contribution in [0.15, 0.2) is 36.4 Å². The highest BCUT2D eigenvalue weighted by molar-refractivity contribution is 6.35. The standard InChI is InChI=1S/C13H8Cl2N2O4/c14-7-1-3-10(15)12(5-7)16-11-4-2-8(17(20)21)6-9(11)13(18)19/h1-6,16H,(H,18,19). The van der Waals surface area contributed by atoms with Crippen LogP contribution in [-0.4, -0.2) is 16.0 Å². The van der Waals surface area contributed by atoms with E-state index in [2.05, 4.69) is 5.32 Å². The topological polar surface area (TPSA) is 92.5 Å². The zero-order valence-electron chi connectivity index (χ0n) is 10.3. The number of benzene rings is 2. The van der Waals surface area contributed by atoms with Gasteiger partial charge in [-0.15, -0.1) is 0 Å². The highest BCUT2D eigenvalue weighted by atomic mass is 35.5. The summed E-state index contributed by atoms with van der Waals surface area (Å²) >= 11 is 11.8. The van der Waals surface area contributed by atoms with Crippen molar-refractivity contribution in [2.24, 2.45) is 0 Å². The smallest absolute Gasteiger partial charge is 0.338 e. The number of hydrogen-bond donors (Lipinski definition) is 2. The highest BCUT2D eigenvalue weighted by Crippen LogP contribution is 2.31. The SMILES string of the molecule is O=C(O)c1cc([N+](=O)[O-])ccc1Nc1cc(Cl)ccc1Cl. The minimum Gasteiger partial charge on any atom is -0.478 e. The predicted molar refractivity (Wildman–Crippen MR) is 79.8 cm³/mol. The molecule has 0 aromatic heterocycles. The summed E-state index contributed by atoms with van der Waals surface area (Å²) in [6.45, 7) is 0. The van der Waals surface area contributed by atoms with Crippen molar-refractivity contribution in [3.8, 4) is 0 Å². The molecule has 2 N–H and O–H groups in total. The molecule has 0 spiro atoms. The Morgan fingerprint density at radius 1 is 1.14 bits per heavy atom. The van der Waals surface area contributed by atoms with Crippen LogP contribution in [0, 0.1) is 10.1 Å². The first-order chi connectivity index (χ1) is 9.88. The maximum atomic E-state index is 11.2. The summed E-state index contributed by atoms with van der Waals surface area (Å²) in [6.07, 6.45) is 0. The molecule has 0 radical (unpaired) electrons. The normalized spacial score (nSPS) is 10.2. The molecule has 0 amide bonds. The van der Waals surface area contributed by atoms with Crippen molar-refractivity contribution in [2.75, 3.05) is 5.32 Å². The Kier molecular flexibility index (Phi) is 4.30. The largest absolute Gasteiger partial charge is 0.478 e. The van der Waals surface area contributed by atoms with E-state index in [1.165, 1.54) is 18.2 Å². The summed E-state index contributed by atoms with van der Waals surface area (Å²) in [5.41, 5.74) is 0.0353. The second kappa shape index (κ2) is 5.99. The quantitative estimate of drug-likeness (QED) is 0.643. The van der Waals surface area contributed by atoms with Crippen molar-refractivity contribution in [1.29, 1.82) is 0 Å². The van der Waals surface area contributed by atoms with Crippen LogP contribution in [0.4, 0.5) is 17.1 Å². The first-order valence-corrected chi connectivity index (χ1v) is 6.38. The number of carboxylic acid groups (broad SMARTS) is 1. The van der Waals surface area contributed by atoms with E-state index in [9.17, 15) is 14.9 Å². The van der Waals surface area contributed by atoms with Crippen molar-refractivity contribution in [2.45, 2.75) is 0 Å². The third kappa shape index (κ3) is 3.42. The number of carbonyl (C=O) groups is 1. The number of nitrogens with zero attached hydrogens (tertiary/aromatic N) is 1. The third-order valence-electron chi connectivity index (χ3n) is 2.64. The van der Waals surface area contributed by atoms with Crippen LogP contribution >= 0.6 is 23.2 Å². The number of aromatic carboxylic acids is 1. The van der Waals surface area contributed by atoms with E-state index in [1.54, 1.807) is 12.1 Å².